The van der Waals surface area contributed by atoms with Gasteiger partial charge in [-0.1, -0.05) is 31.5 Å². The van der Waals surface area contributed by atoms with E-state index in [0.29, 0.717) is 28.6 Å². The molecule has 9 heteroatoms. The Morgan fingerprint density at radius 3 is 2.63 bits per heavy atom. The molecule has 4 aromatic rings. The number of hydrogen-bond donors (Lipinski definition) is 1. The minimum absolute atomic E-state index is 0.203. The van der Waals surface area contributed by atoms with Crippen LogP contribution in [0.1, 0.15) is 35.9 Å². The van der Waals surface area contributed by atoms with Gasteiger partial charge >= 0.3 is 5.88 Å². The molecule has 0 bridgehead atoms. The first-order valence-electron chi connectivity index (χ1n) is 9.08. The molecular formula is C21H16ClN3O5. The molecule has 0 radical (unpaired) electrons. The fraction of sp³-hybridized carbons (Fsp3) is 0.143. The zero-order valence-corrected chi connectivity index (χ0v) is 16.8. The van der Waals surface area contributed by atoms with E-state index in [0.717, 1.165) is 17.1 Å². The highest BCUT2D eigenvalue weighted by Crippen LogP contribution is 2.32. The third kappa shape index (κ3) is 3.77. The number of amides is 1. The second-order valence-electron chi connectivity index (χ2n) is 6.94. The van der Waals surface area contributed by atoms with Crippen LogP contribution in [0.2, 0.25) is 5.02 Å². The highest BCUT2D eigenvalue weighted by molar-refractivity contribution is 6.34. The molecule has 0 unspecified atom stereocenters. The van der Waals surface area contributed by atoms with E-state index in [-0.39, 0.29) is 10.8 Å². The number of nitrogens with zero attached hydrogens (tertiary/aromatic N) is 2. The molecule has 152 valence electrons. The van der Waals surface area contributed by atoms with Crippen molar-refractivity contribution in [2.24, 2.45) is 0 Å². The molecule has 0 atom stereocenters. The van der Waals surface area contributed by atoms with Crippen LogP contribution in [0.3, 0.4) is 0 Å². The molecule has 0 spiro atoms. The first-order chi connectivity index (χ1) is 14.3. The molecule has 0 saturated heterocycles. The van der Waals surface area contributed by atoms with E-state index in [1.165, 1.54) is 6.07 Å². The summed E-state index contributed by atoms with van der Waals surface area (Å²) in [7, 11) is 0. The molecule has 4 rings (SSSR count). The predicted molar refractivity (Wildman–Crippen MR) is 112 cm³/mol. The summed E-state index contributed by atoms with van der Waals surface area (Å²) in [6, 6.07) is 13.1. The maximum absolute atomic E-state index is 12.4. The summed E-state index contributed by atoms with van der Waals surface area (Å²) in [5, 5.41) is 13.6. The lowest BCUT2D eigenvalue weighted by Gasteiger charge is -2.07. The van der Waals surface area contributed by atoms with Crippen LogP contribution >= 0.6 is 11.6 Å². The molecule has 2 aromatic carbocycles. The highest BCUT2D eigenvalue weighted by atomic mass is 35.5. The van der Waals surface area contributed by atoms with Crippen molar-refractivity contribution in [3.8, 4) is 11.5 Å². The number of nitrogens with one attached hydrogen (secondary N) is 1. The quantitative estimate of drug-likeness (QED) is 0.309. The number of benzene rings is 2. The van der Waals surface area contributed by atoms with E-state index >= 15 is 0 Å². The Kier molecular flexibility index (Phi) is 5.01. The number of rotatable bonds is 5. The SMILES string of the molecule is CC(C)c1ccc2oc(-c3ccc(Cl)c(NC(=O)c4ccc([N+](=O)[O-])o4)c3)nc2c1. The Bertz CT molecular complexity index is 1270. The fourth-order valence-corrected chi connectivity index (χ4v) is 3.08. The molecule has 0 aliphatic rings. The maximum atomic E-state index is 12.4. The lowest BCUT2D eigenvalue weighted by Crippen LogP contribution is -2.11. The van der Waals surface area contributed by atoms with Gasteiger partial charge in [0.25, 0.3) is 5.91 Å². The topological polar surface area (TPSA) is 111 Å². The van der Waals surface area contributed by atoms with Crippen molar-refractivity contribution in [3.05, 3.63) is 75.0 Å². The molecule has 2 aromatic heterocycles. The molecule has 30 heavy (non-hydrogen) atoms. The van der Waals surface area contributed by atoms with Crippen molar-refractivity contribution in [1.82, 2.24) is 4.98 Å². The normalized spacial score (nSPS) is 11.2. The Morgan fingerprint density at radius 1 is 1.13 bits per heavy atom. The molecule has 0 aliphatic heterocycles. The molecule has 0 saturated carbocycles. The zero-order chi connectivity index (χ0) is 21.4. The van der Waals surface area contributed by atoms with E-state index in [2.05, 4.69) is 24.1 Å². The third-order valence-corrected chi connectivity index (χ3v) is 4.86. The first-order valence-corrected chi connectivity index (χ1v) is 9.45. The van der Waals surface area contributed by atoms with E-state index in [1.807, 2.05) is 18.2 Å². The van der Waals surface area contributed by atoms with E-state index < -0.39 is 16.7 Å². The number of nitro groups is 1. The number of anilines is 1. The average Bonchev–Trinajstić information content (AvgIpc) is 3.36. The molecule has 0 aliphatic carbocycles. The van der Waals surface area contributed by atoms with Crippen molar-refractivity contribution >= 4 is 40.2 Å². The fourth-order valence-electron chi connectivity index (χ4n) is 2.91. The molecule has 2 heterocycles. The summed E-state index contributed by atoms with van der Waals surface area (Å²) < 4.78 is 10.8. The molecule has 0 fully saturated rings. The van der Waals surface area contributed by atoms with Crippen LogP contribution in [0.25, 0.3) is 22.6 Å². The summed E-state index contributed by atoms with van der Waals surface area (Å²) >= 11 is 6.20. The minimum atomic E-state index is -0.720. The van der Waals surface area contributed by atoms with Crippen LogP contribution in [0.5, 0.6) is 0 Å². The number of fused-ring (bicyclic) bond motifs is 1. The van der Waals surface area contributed by atoms with Crippen LogP contribution in [0.15, 0.2) is 57.4 Å². The Balaban J connectivity index is 1.63. The van der Waals surface area contributed by atoms with Gasteiger partial charge in [-0.15, -0.1) is 0 Å². The van der Waals surface area contributed by atoms with Crippen LogP contribution in [-0.4, -0.2) is 15.8 Å². The summed E-state index contributed by atoms with van der Waals surface area (Å²) in [6.45, 7) is 4.20. The van der Waals surface area contributed by atoms with E-state index in [1.54, 1.807) is 18.2 Å². The standard InChI is InChI=1S/C21H16ClN3O5/c1-11(2)12-4-6-17-16(9-12)24-21(30-17)13-3-5-14(22)15(10-13)23-20(26)18-7-8-19(29-18)25(27)28/h3-11H,1-2H3,(H,23,26). The van der Waals surface area contributed by atoms with Gasteiger partial charge in [0.05, 0.1) is 16.8 Å². The van der Waals surface area contributed by atoms with Gasteiger partial charge < -0.3 is 14.2 Å². The maximum Gasteiger partial charge on any atom is 0.433 e. The third-order valence-electron chi connectivity index (χ3n) is 4.54. The summed E-state index contributed by atoms with van der Waals surface area (Å²) in [6.07, 6.45) is 0. The van der Waals surface area contributed by atoms with Crippen molar-refractivity contribution < 1.29 is 18.6 Å². The van der Waals surface area contributed by atoms with Crippen molar-refractivity contribution in [2.45, 2.75) is 19.8 Å². The number of hydrogen-bond acceptors (Lipinski definition) is 6. The van der Waals surface area contributed by atoms with Crippen LogP contribution in [0.4, 0.5) is 11.6 Å². The van der Waals surface area contributed by atoms with Crippen molar-refractivity contribution in [1.29, 1.82) is 0 Å². The molecule has 1 N–H and O–H groups in total. The van der Waals surface area contributed by atoms with Crippen LogP contribution < -0.4 is 5.32 Å². The Labute approximate surface area is 175 Å². The monoisotopic (exact) mass is 425 g/mol. The minimum Gasteiger partial charge on any atom is -0.436 e. The van der Waals surface area contributed by atoms with Crippen LogP contribution in [0, 0.1) is 10.1 Å². The summed E-state index contributed by atoms with van der Waals surface area (Å²) in [5.74, 6) is -0.643. The number of furan rings is 1. The predicted octanol–water partition coefficient (Wildman–Crippen LogP) is 6.03. The van der Waals surface area contributed by atoms with Gasteiger partial charge in [-0.05, 0) is 47.9 Å². The van der Waals surface area contributed by atoms with Crippen molar-refractivity contribution in [2.75, 3.05) is 5.32 Å². The van der Waals surface area contributed by atoms with Gasteiger partial charge in [0.15, 0.2) is 11.3 Å². The lowest BCUT2D eigenvalue weighted by atomic mass is 10.0. The number of aromatic nitrogens is 1. The van der Waals surface area contributed by atoms with Crippen LogP contribution in [-0.2, 0) is 0 Å². The zero-order valence-electron chi connectivity index (χ0n) is 16.0. The molecule has 1 amide bonds. The number of halogens is 1. The van der Waals surface area contributed by atoms with Gasteiger partial charge in [-0.3, -0.25) is 14.9 Å². The smallest absolute Gasteiger partial charge is 0.433 e. The van der Waals surface area contributed by atoms with E-state index in [4.69, 9.17) is 20.4 Å². The molecular weight excluding hydrogens is 410 g/mol. The summed E-state index contributed by atoms with van der Waals surface area (Å²) in [5.41, 5.74) is 3.45. The first kappa shape index (κ1) is 19.7. The number of carbonyl (C=O) groups excluding carboxylic acids is 1. The highest BCUT2D eigenvalue weighted by Gasteiger charge is 2.19. The lowest BCUT2D eigenvalue weighted by molar-refractivity contribution is -0.402. The largest absolute Gasteiger partial charge is 0.436 e. The van der Waals surface area contributed by atoms with Gasteiger partial charge in [-0.2, -0.15) is 0 Å². The second-order valence-corrected chi connectivity index (χ2v) is 7.35. The van der Waals surface area contributed by atoms with Gasteiger partial charge in [0, 0.05) is 5.56 Å². The second kappa shape index (κ2) is 7.64. The van der Waals surface area contributed by atoms with Gasteiger partial charge in [-0.25, -0.2) is 4.98 Å². The number of carbonyl (C=O) groups is 1. The Morgan fingerprint density at radius 2 is 1.93 bits per heavy atom. The van der Waals surface area contributed by atoms with Crippen molar-refractivity contribution in [3.63, 3.8) is 0 Å². The van der Waals surface area contributed by atoms with Gasteiger partial charge in [0.2, 0.25) is 5.89 Å². The average molecular weight is 426 g/mol. The molecule has 8 nitrogen and oxygen atoms in total. The number of oxazole rings is 1. The van der Waals surface area contributed by atoms with E-state index in [9.17, 15) is 14.9 Å². The Hall–Kier alpha value is -3.65. The summed E-state index contributed by atoms with van der Waals surface area (Å²) in [4.78, 5) is 26.9. The van der Waals surface area contributed by atoms with Gasteiger partial charge in [0.1, 0.15) is 10.4 Å².